The van der Waals surface area contributed by atoms with Crippen molar-refractivity contribution in [1.29, 1.82) is 0 Å². The van der Waals surface area contributed by atoms with E-state index in [4.69, 9.17) is 4.74 Å². The normalized spacial score (nSPS) is 17.1. The van der Waals surface area contributed by atoms with Crippen LogP contribution < -0.4 is 0 Å². The van der Waals surface area contributed by atoms with Gasteiger partial charge >= 0.3 is 0 Å². The van der Waals surface area contributed by atoms with Crippen LogP contribution in [-0.2, 0) is 15.5 Å². The second kappa shape index (κ2) is 9.08. The van der Waals surface area contributed by atoms with Crippen molar-refractivity contribution in [3.05, 3.63) is 72.4 Å². The lowest BCUT2D eigenvalue weighted by molar-refractivity contribution is 0.00360. The van der Waals surface area contributed by atoms with Gasteiger partial charge in [-0.15, -0.1) is 0 Å². The van der Waals surface area contributed by atoms with Gasteiger partial charge in [-0.25, -0.2) is 14.4 Å². The Bertz CT molecular complexity index is 1400. The number of halogens is 1. The van der Waals surface area contributed by atoms with Gasteiger partial charge in [0.25, 0.3) is 5.91 Å². The fourth-order valence-corrected chi connectivity index (χ4v) is 4.93. The largest absolute Gasteiger partial charge is 0.377 e. The number of carbonyl (C=O) groups is 1. The average Bonchev–Trinajstić information content (AvgIpc) is 3.24. The lowest BCUT2D eigenvalue weighted by Gasteiger charge is -2.33. The summed E-state index contributed by atoms with van der Waals surface area (Å²) in [5.41, 5.74) is 2.16. The number of aromatic nitrogens is 3. The molecule has 4 aromatic rings. The molecule has 2 aromatic heterocycles. The maximum atomic E-state index is 14.2. The molecular weight excluding hydrogens is 455 g/mol. The van der Waals surface area contributed by atoms with E-state index in [0.717, 1.165) is 5.39 Å². The molecule has 0 radical (unpaired) electrons. The van der Waals surface area contributed by atoms with Crippen LogP contribution >= 0.6 is 0 Å². The minimum atomic E-state index is -1.26. The van der Waals surface area contributed by atoms with Crippen molar-refractivity contribution in [2.45, 2.75) is 17.9 Å². The molecule has 1 aliphatic rings. The smallest absolute Gasteiger partial charge is 0.254 e. The third-order valence-electron chi connectivity index (χ3n) is 5.99. The second-order valence-electron chi connectivity index (χ2n) is 8.22. The maximum absolute atomic E-state index is 14.2. The molecule has 5 rings (SSSR count). The highest BCUT2D eigenvalue weighted by molar-refractivity contribution is 7.84. The minimum absolute atomic E-state index is 0.0169. The van der Waals surface area contributed by atoms with Gasteiger partial charge in [0.05, 0.1) is 40.5 Å². The topological polar surface area (TPSA) is 77.3 Å². The van der Waals surface area contributed by atoms with E-state index < -0.39 is 10.8 Å². The zero-order valence-electron chi connectivity index (χ0n) is 18.8. The quantitative estimate of drug-likeness (QED) is 0.446. The van der Waals surface area contributed by atoms with Gasteiger partial charge in [-0.05, 0) is 25.1 Å². The van der Waals surface area contributed by atoms with Crippen LogP contribution in [0.25, 0.3) is 28.0 Å². The van der Waals surface area contributed by atoms with E-state index in [1.165, 1.54) is 6.07 Å². The Labute approximate surface area is 198 Å². The van der Waals surface area contributed by atoms with E-state index in [1.807, 2.05) is 13.0 Å². The van der Waals surface area contributed by atoms with Gasteiger partial charge in [0, 0.05) is 53.5 Å². The van der Waals surface area contributed by atoms with Gasteiger partial charge < -0.3 is 9.64 Å². The van der Waals surface area contributed by atoms with Crippen LogP contribution in [-0.4, -0.2) is 61.6 Å². The number of carbonyl (C=O) groups excluding carboxylic acids is 1. The summed E-state index contributed by atoms with van der Waals surface area (Å²) in [6, 6.07) is 11.8. The number of hydrogen-bond donors (Lipinski definition) is 0. The number of ether oxygens (including phenoxy) is 1. The van der Waals surface area contributed by atoms with E-state index in [0.29, 0.717) is 52.8 Å². The number of rotatable bonds is 4. The molecular formula is C25H23FN4O3S. The van der Waals surface area contributed by atoms with Crippen LogP contribution in [0.3, 0.4) is 0 Å². The van der Waals surface area contributed by atoms with Crippen molar-refractivity contribution < 1.29 is 18.1 Å². The summed E-state index contributed by atoms with van der Waals surface area (Å²) in [5.74, 6) is -0.0963. The van der Waals surface area contributed by atoms with Gasteiger partial charge in [0.1, 0.15) is 5.82 Å². The Balaban J connectivity index is 1.57. The zero-order chi connectivity index (χ0) is 23.8. The first-order valence-corrected chi connectivity index (χ1v) is 12.4. The van der Waals surface area contributed by atoms with Crippen molar-refractivity contribution in [3.63, 3.8) is 0 Å². The average molecular weight is 479 g/mol. The van der Waals surface area contributed by atoms with Crippen molar-refractivity contribution in [1.82, 2.24) is 19.4 Å². The third kappa shape index (κ3) is 4.01. The van der Waals surface area contributed by atoms with E-state index >= 15 is 0 Å². The van der Waals surface area contributed by atoms with E-state index in [-0.39, 0.29) is 17.8 Å². The van der Waals surface area contributed by atoms with Gasteiger partial charge in [0.15, 0.2) is 0 Å². The molecule has 0 saturated carbocycles. The summed E-state index contributed by atoms with van der Waals surface area (Å²) in [7, 11) is -1.26. The first-order valence-electron chi connectivity index (χ1n) is 10.9. The molecule has 0 spiro atoms. The third-order valence-corrected chi connectivity index (χ3v) is 6.94. The Morgan fingerprint density at radius 1 is 1.18 bits per heavy atom. The van der Waals surface area contributed by atoms with Crippen LogP contribution in [0.1, 0.15) is 17.3 Å². The standard InChI is InChI=1S/C25H23FN4O3S/c1-16-15-33-10-9-29(16)24(31)17-7-8-20-22(11-17)30(14-23(20)34(2)32)25-27-12-18(13-28-25)19-5-3-4-6-21(19)26/h3-8,11-14,16H,9-10,15H2,1-2H3. The molecule has 2 aromatic carbocycles. The molecule has 34 heavy (non-hydrogen) atoms. The maximum Gasteiger partial charge on any atom is 0.254 e. The predicted molar refractivity (Wildman–Crippen MR) is 128 cm³/mol. The summed E-state index contributed by atoms with van der Waals surface area (Å²) >= 11 is 0. The highest BCUT2D eigenvalue weighted by Gasteiger charge is 2.26. The fourth-order valence-electron chi connectivity index (χ4n) is 4.20. The summed E-state index contributed by atoms with van der Waals surface area (Å²) in [5, 5.41) is 0.759. The molecule has 1 aliphatic heterocycles. The Morgan fingerprint density at radius 2 is 1.94 bits per heavy atom. The van der Waals surface area contributed by atoms with Gasteiger partial charge in [-0.1, -0.05) is 24.3 Å². The number of benzene rings is 2. The molecule has 1 amide bonds. The van der Waals surface area contributed by atoms with E-state index in [9.17, 15) is 13.4 Å². The van der Waals surface area contributed by atoms with Crippen LogP contribution in [0.2, 0.25) is 0 Å². The van der Waals surface area contributed by atoms with Crippen molar-refractivity contribution in [2.75, 3.05) is 26.0 Å². The van der Waals surface area contributed by atoms with Crippen LogP contribution in [0.4, 0.5) is 4.39 Å². The zero-order valence-corrected chi connectivity index (χ0v) is 19.6. The first-order chi connectivity index (χ1) is 16.4. The van der Waals surface area contributed by atoms with Crippen molar-refractivity contribution >= 4 is 27.6 Å². The molecule has 0 N–H and O–H groups in total. The molecule has 7 nitrogen and oxygen atoms in total. The molecule has 1 fully saturated rings. The highest BCUT2D eigenvalue weighted by atomic mass is 32.2. The van der Waals surface area contributed by atoms with Gasteiger partial charge in [-0.2, -0.15) is 0 Å². The van der Waals surface area contributed by atoms with Crippen LogP contribution in [0.5, 0.6) is 0 Å². The summed E-state index contributed by atoms with van der Waals surface area (Å²) in [4.78, 5) is 24.5. The van der Waals surface area contributed by atoms with Crippen LogP contribution in [0.15, 0.2) is 66.0 Å². The van der Waals surface area contributed by atoms with E-state index in [1.54, 1.807) is 64.6 Å². The molecule has 2 atom stereocenters. The molecule has 174 valence electrons. The summed E-state index contributed by atoms with van der Waals surface area (Å²) in [6.07, 6.45) is 6.44. The molecule has 1 saturated heterocycles. The summed E-state index contributed by atoms with van der Waals surface area (Å²) < 4.78 is 33.7. The number of nitrogens with zero attached hydrogens (tertiary/aromatic N) is 4. The molecule has 0 bridgehead atoms. The van der Waals surface area contributed by atoms with Crippen molar-refractivity contribution in [2.24, 2.45) is 0 Å². The Hall–Kier alpha value is -3.43. The summed E-state index contributed by atoms with van der Waals surface area (Å²) in [6.45, 7) is 3.51. The number of hydrogen-bond acceptors (Lipinski definition) is 5. The predicted octanol–water partition coefficient (Wildman–Crippen LogP) is 3.82. The van der Waals surface area contributed by atoms with Gasteiger partial charge in [-0.3, -0.25) is 13.6 Å². The molecule has 2 unspecified atom stereocenters. The fraction of sp³-hybridized carbons (Fsp3) is 0.240. The second-order valence-corrected chi connectivity index (χ2v) is 9.57. The highest BCUT2D eigenvalue weighted by Crippen LogP contribution is 2.29. The first kappa shape index (κ1) is 22.4. The molecule has 9 heteroatoms. The minimum Gasteiger partial charge on any atom is -0.377 e. The monoisotopic (exact) mass is 478 g/mol. The van der Waals surface area contributed by atoms with Gasteiger partial charge in [0.2, 0.25) is 5.95 Å². The van der Waals surface area contributed by atoms with Crippen LogP contribution in [0, 0.1) is 5.82 Å². The number of amides is 1. The Kier molecular flexibility index (Phi) is 5.97. The lowest BCUT2D eigenvalue weighted by Crippen LogP contribution is -2.47. The van der Waals surface area contributed by atoms with Crippen molar-refractivity contribution in [3.8, 4) is 17.1 Å². The number of fused-ring (bicyclic) bond motifs is 1. The number of morpholine rings is 1. The lowest BCUT2D eigenvalue weighted by atomic mass is 10.1. The Morgan fingerprint density at radius 3 is 2.65 bits per heavy atom. The molecule has 3 heterocycles. The SMILES string of the molecule is CC1COCCN1C(=O)c1ccc2c(S(C)=O)cn(-c3ncc(-c4ccccc4F)cn3)c2c1. The molecule has 0 aliphatic carbocycles. The van der Waals surface area contributed by atoms with E-state index in [2.05, 4.69) is 9.97 Å².